The van der Waals surface area contributed by atoms with Crippen LogP contribution in [0.2, 0.25) is 0 Å². The molecule has 0 N–H and O–H groups in total. The van der Waals surface area contributed by atoms with Gasteiger partial charge >= 0.3 is 0 Å². The zero-order valence-corrected chi connectivity index (χ0v) is 22.6. The van der Waals surface area contributed by atoms with Gasteiger partial charge in [0, 0.05) is 33.0 Å². The molecule has 0 unspecified atom stereocenters. The molecule has 43 heavy (non-hydrogen) atoms. The van der Waals surface area contributed by atoms with E-state index in [0.29, 0.717) is 39.6 Å². The lowest BCUT2D eigenvalue weighted by molar-refractivity contribution is 1.06. The summed E-state index contributed by atoms with van der Waals surface area (Å²) in [5, 5.41) is 0.627. The van der Waals surface area contributed by atoms with E-state index < -0.39 is 42.3 Å². The van der Waals surface area contributed by atoms with Crippen LogP contribution >= 0.6 is 0 Å². The molecule has 8 rings (SSSR count). The summed E-state index contributed by atoms with van der Waals surface area (Å²) < 4.78 is 79.8. The summed E-state index contributed by atoms with van der Waals surface area (Å²) in [4.78, 5) is 14.7. The van der Waals surface area contributed by atoms with Crippen LogP contribution < -0.4 is 0 Å². The van der Waals surface area contributed by atoms with E-state index in [1.807, 2.05) is 72.8 Å². The van der Waals surface area contributed by atoms with Crippen molar-refractivity contribution in [2.24, 2.45) is 0 Å². The second-order valence-corrected chi connectivity index (χ2v) is 9.82. The second kappa shape index (κ2) is 10.5. The normalized spacial score (nSPS) is 14.2. The van der Waals surface area contributed by atoms with E-state index >= 15 is 0 Å². The topological polar surface area (TPSA) is 43.6 Å². The molecule has 2 aromatic heterocycles. The summed E-state index contributed by atoms with van der Waals surface area (Å²) in [6.07, 6.45) is 0. The molecule has 0 aliphatic carbocycles. The summed E-state index contributed by atoms with van der Waals surface area (Å²) in [7, 11) is 0. The predicted molar refractivity (Wildman–Crippen MR) is 176 cm³/mol. The number of nitrogens with zero attached hydrogens (tertiary/aromatic N) is 4. The fraction of sp³-hybridized carbons (Fsp3) is 0. The summed E-state index contributed by atoms with van der Waals surface area (Å²) >= 11 is 0. The minimum Gasteiger partial charge on any atom is -0.308 e. The van der Waals surface area contributed by atoms with Crippen molar-refractivity contribution >= 4 is 21.8 Å². The molecule has 0 atom stereocenters. The van der Waals surface area contributed by atoms with Gasteiger partial charge in [0.1, 0.15) is 0 Å². The van der Waals surface area contributed by atoms with E-state index in [9.17, 15) is 0 Å². The molecule has 8 aromatic rings. The highest BCUT2D eigenvalue weighted by molar-refractivity contribution is 6.14. The molecule has 0 amide bonds. The van der Waals surface area contributed by atoms with Crippen molar-refractivity contribution in [2.75, 3.05) is 0 Å². The summed E-state index contributed by atoms with van der Waals surface area (Å²) in [5.74, 6) is 1.13. The monoisotopic (exact) mass is 559 g/mol. The molecule has 6 aromatic carbocycles. The van der Waals surface area contributed by atoms with Gasteiger partial charge in [-0.3, -0.25) is 0 Å². The van der Waals surface area contributed by atoms with Gasteiger partial charge in [-0.05, 0) is 23.7 Å². The molecule has 4 heteroatoms. The van der Waals surface area contributed by atoms with Crippen LogP contribution in [-0.4, -0.2) is 19.5 Å². The Labute approximate surface area is 262 Å². The van der Waals surface area contributed by atoms with Crippen LogP contribution in [-0.2, 0) is 0 Å². The largest absolute Gasteiger partial charge is 0.308 e. The maximum atomic E-state index is 9.16. The molecular formula is C39H26N4. The van der Waals surface area contributed by atoms with Crippen molar-refractivity contribution in [3.05, 3.63) is 158 Å². The Balaban J connectivity index is 1.53. The molecule has 0 saturated heterocycles. The smallest absolute Gasteiger partial charge is 0.166 e. The lowest BCUT2D eigenvalue weighted by Crippen LogP contribution is -2.04. The number of hydrogen-bond acceptors (Lipinski definition) is 3. The molecule has 0 aliphatic rings. The first-order valence-electron chi connectivity index (χ1n) is 18.2. The number of hydrogen-bond donors (Lipinski definition) is 0. The number of fused-ring (bicyclic) bond motifs is 3. The lowest BCUT2D eigenvalue weighted by atomic mass is 10.0. The molecule has 0 aliphatic heterocycles. The van der Waals surface area contributed by atoms with Crippen LogP contribution in [0.15, 0.2) is 158 Å². The van der Waals surface area contributed by atoms with Crippen LogP contribution in [0.3, 0.4) is 0 Å². The van der Waals surface area contributed by atoms with Crippen molar-refractivity contribution in [1.29, 1.82) is 0 Å². The minimum atomic E-state index is -0.533. The number of para-hydroxylation sites is 3. The Hall–Kier alpha value is -5.87. The van der Waals surface area contributed by atoms with Crippen molar-refractivity contribution < 1.29 is 12.3 Å². The van der Waals surface area contributed by atoms with Gasteiger partial charge < -0.3 is 4.57 Å². The zero-order valence-electron chi connectivity index (χ0n) is 31.6. The Bertz CT molecular complexity index is 2650. The van der Waals surface area contributed by atoms with Gasteiger partial charge in [0.15, 0.2) is 17.5 Å². The van der Waals surface area contributed by atoms with Crippen LogP contribution in [0.5, 0.6) is 0 Å². The average Bonchev–Trinajstić information content (AvgIpc) is 3.54. The van der Waals surface area contributed by atoms with Gasteiger partial charge in [-0.2, -0.15) is 0 Å². The Morgan fingerprint density at radius 2 is 1.02 bits per heavy atom. The van der Waals surface area contributed by atoms with Gasteiger partial charge in [0.25, 0.3) is 0 Å². The van der Waals surface area contributed by atoms with E-state index in [1.54, 1.807) is 34.9 Å². The predicted octanol–water partition coefficient (Wildman–Crippen LogP) is 9.64. The molecule has 0 radical (unpaired) electrons. The van der Waals surface area contributed by atoms with Gasteiger partial charge in [-0.15, -0.1) is 0 Å². The third-order valence-corrected chi connectivity index (χ3v) is 7.27. The van der Waals surface area contributed by atoms with Crippen LogP contribution in [0.25, 0.3) is 72.8 Å². The van der Waals surface area contributed by atoms with Crippen molar-refractivity contribution in [3.63, 3.8) is 0 Å². The third kappa shape index (κ3) is 4.37. The SMILES string of the molecule is [2H]c1c([2H])c([2H])c(-c2cccc3c4c([2H])c([2H])c([2H])c([2H])c4n(-c4ccccc4-c4nc(-c5ccccc5)nc(-c5ccccc5)n4)c23)c([2H])c1[2H]. The van der Waals surface area contributed by atoms with E-state index in [0.717, 1.165) is 11.1 Å². The highest BCUT2D eigenvalue weighted by Crippen LogP contribution is 2.40. The van der Waals surface area contributed by atoms with Crippen molar-refractivity contribution in [2.45, 2.75) is 0 Å². The Kier molecular flexibility index (Phi) is 4.20. The average molecular weight is 560 g/mol. The maximum absolute atomic E-state index is 9.16. The minimum absolute atomic E-state index is 0.0636. The first-order valence-corrected chi connectivity index (χ1v) is 13.7. The molecule has 4 nitrogen and oxygen atoms in total. The summed E-state index contributed by atoms with van der Waals surface area (Å²) in [6.45, 7) is 0. The first kappa shape index (κ1) is 17.2. The number of benzene rings is 6. The van der Waals surface area contributed by atoms with Gasteiger partial charge in [0.2, 0.25) is 0 Å². The quantitative estimate of drug-likeness (QED) is 0.211. The van der Waals surface area contributed by atoms with Gasteiger partial charge in [-0.25, -0.2) is 15.0 Å². The van der Waals surface area contributed by atoms with E-state index in [4.69, 9.17) is 27.3 Å². The molecular weight excluding hydrogens is 524 g/mol. The molecule has 0 spiro atoms. The lowest BCUT2D eigenvalue weighted by Gasteiger charge is -2.16. The molecule has 0 saturated carbocycles. The molecule has 202 valence electrons. The molecule has 0 bridgehead atoms. The number of aromatic nitrogens is 4. The van der Waals surface area contributed by atoms with E-state index in [-0.39, 0.29) is 34.1 Å². The standard InChI is InChI=1S/C39H26N4/c1-4-15-27(16-5-1)30-23-14-24-32-31-21-10-12-25-34(31)43(36(30)32)35-26-13-11-22-33(35)39-41-37(28-17-6-2-7-18-28)40-38(42-39)29-19-8-3-9-20-29/h1-26H/i1D,4D,5D,10D,12D,15D,16D,21D,25D. The van der Waals surface area contributed by atoms with Crippen molar-refractivity contribution in [1.82, 2.24) is 19.5 Å². The van der Waals surface area contributed by atoms with Crippen LogP contribution in [0, 0.1) is 0 Å². The highest BCUT2D eigenvalue weighted by atomic mass is 15.1. The summed E-state index contributed by atoms with van der Waals surface area (Å²) in [6, 6.07) is 27.3. The Morgan fingerprint density at radius 1 is 0.442 bits per heavy atom. The molecule has 2 heterocycles. The fourth-order valence-corrected chi connectivity index (χ4v) is 5.38. The van der Waals surface area contributed by atoms with Crippen LogP contribution in [0.1, 0.15) is 12.3 Å². The Morgan fingerprint density at radius 3 is 1.74 bits per heavy atom. The van der Waals surface area contributed by atoms with E-state index in [2.05, 4.69) is 0 Å². The van der Waals surface area contributed by atoms with Gasteiger partial charge in [-0.1, -0.05) is 139 Å². The first-order chi connectivity index (χ1) is 25.1. The fourth-order valence-electron chi connectivity index (χ4n) is 5.38. The summed E-state index contributed by atoms with van der Waals surface area (Å²) in [5.41, 5.74) is 3.13. The third-order valence-electron chi connectivity index (χ3n) is 7.27. The van der Waals surface area contributed by atoms with E-state index in [1.165, 1.54) is 0 Å². The van der Waals surface area contributed by atoms with Crippen LogP contribution in [0.4, 0.5) is 0 Å². The van der Waals surface area contributed by atoms with Gasteiger partial charge in [0.05, 0.1) is 29.1 Å². The number of rotatable bonds is 5. The van der Waals surface area contributed by atoms with Crippen molar-refractivity contribution in [3.8, 4) is 51.0 Å². The molecule has 0 fully saturated rings. The maximum Gasteiger partial charge on any atom is 0.166 e. The highest BCUT2D eigenvalue weighted by Gasteiger charge is 2.20. The zero-order chi connectivity index (χ0) is 36.4. The second-order valence-electron chi connectivity index (χ2n) is 9.82.